The molecule has 0 N–H and O–H groups in total. The first-order valence-electron chi connectivity index (χ1n) is 5.43. The van der Waals surface area contributed by atoms with Crippen LogP contribution in [0.15, 0.2) is 36.5 Å². The zero-order chi connectivity index (χ0) is 13.1. The van der Waals surface area contributed by atoms with E-state index in [1.807, 2.05) is 0 Å². The van der Waals surface area contributed by atoms with Gasteiger partial charge < -0.3 is 4.74 Å². The number of ketones is 1. The summed E-state index contributed by atoms with van der Waals surface area (Å²) in [4.78, 5) is 15.9. The van der Waals surface area contributed by atoms with E-state index in [2.05, 4.69) is 4.98 Å². The molecule has 2 rings (SSSR count). The second-order valence-electron chi connectivity index (χ2n) is 3.84. The van der Waals surface area contributed by atoms with Crippen LogP contribution in [0.2, 0.25) is 0 Å². The van der Waals surface area contributed by atoms with E-state index in [9.17, 15) is 9.18 Å². The number of carbonyl (C=O) groups excluding carboxylic acids is 1. The maximum Gasteiger partial charge on any atom is 0.214 e. The minimum Gasteiger partial charge on any atom is -0.497 e. The van der Waals surface area contributed by atoms with Crippen molar-refractivity contribution >= 4 is 5.78 Å². The first kappa shape index (κ1) is 12.2. The average Bonchev–Trinajstić information content (AvgIpc) is 2.38. The molecule has 0 atom stereocenters. The fourth-order valence-corrected chi connectivity index (χ4v) is 1.70. The molecule has 1 aromatic heterocycles. The highest BCUT2D eigenvalue weighted by atomic mass is 19.1. The number of carbonyl (C=O) groups is 1. The van der Waals surface area contributed by atoms with Crippen molar-refractivity contribution in [3.63, 3.8) is 0 Å². The second kappa shape index (κ2) is 4.96. The Labute approximate surface area is 104 Å². The highest BCUT2D eigenvalue weighted by Gasteiger charge is 2.17. The van der Waals surface area contributed by atoms with Gasteiger partial charge in [0.2, 0.25) is 5.78 Å². The topological polar surface area (TPSA) is 39.2 Å². The van der Waals surface area contributed by atoms with Gasteiger partial charge in [0.15, 0.2) is 5.82 Å². The van der Waals surface area contributed by atoms with Crippen LogP contribution >= 0.6 is 0 Å². The average molecular weight is 245 g/mol. The third-order valence-corrected chi connectivity index (χ3v) is 2.65. The van der Waals surface area contributed by atoms with Gasteiger partial charge in [-0.2, -0.15) is 0 Å². The number of methoxy groups -OCH3 is 1. The van der Waals surface area contributed by atoms with Gasteiger partial charge >= 0.3 is 0 Å². The minimum atomic E-state index is -0.613. The molecule has 0 fully saturated rings. The molecule has 0 spiro atoms. The molecule has 0 bridgehead atoms. The molecule has 0 saturated carbocycles. The normalized spacial score (nSPS) is 10.2. The second-order valence-corrected chi connectivity index (χ2v) is 3.84. The molecule has 0 radical (unpaired) electrons. The lowest BCUT2D eigenvalue weighted by Gasteiger charge is -2.07. The van der Waals surface area contributed by atoms with Crippen LogP contribution in [0, 0.1) is 12.7 Å². The maximum absolute atomic E-state index is 13.5. The van der Waals surface area contributed by atoms with Crippen LogP contribution in [0.25, 0.3) is 0 Å². The molecule has 0 amide bonds. The van der Waals surface area contributed by atoms with Crippen molar-refractivity contribution in [2.75, 3.05) is 7.11 Å². The Bertz CT molecular complexity index is 596. The molecule has 2 aromatic rings. The number of rotatable bonds is 3. The standard InChI is InChI=1S/C14H12FNO2/c1-9-8-10(18-2)5-6-11(9)14(17)13-12(15)4-3-7-16-13/h3-8H,1-2H3. The van der Waals surface area contributed by atoms with Gasteiger partial charge in [-0.25, -0.2) is 9.37 Å². The number of benzene rings is 1. The smallest absolute Gasteiger partial charge is 0.214 e. The lowest BCUT2D eigenvalue weighted by atomic mass is 10.0. The van der Waals surface area contributed by atoms with Crippen LogP contribution in [0.5, 0.6) is 5.75 Å². The highest BCUT2D eigenvalue weighted by Crippen LogP contribution is 2.20. The summed E-state index contributed by atoms with van der Waals surface area (Å²) in [6.45, 7) is 1.77. The first-order valence-corrected chi connectivity index (χ1v) is 5.43. The number of ether oxygens (including phenoxy) is 1. The highest BCUT2D eigenvalue weighted by molar-refractivity contribution is 6.08. The SMILES string of the molecule is COc1ccc(C(=O)c2ncccc2F)c(C)c1. The number of pyridine rings is 1. The van der Waals surface area contributed by atoms with Crippen molar-refractivity contribution in [3.05, 3.63) is 59.2 Å². The Morgan fingerprint density at radius 2 is 2.11 bits per heavy atom. The molecule has 1 aromatic carbocycles. The fraction of sp³-hybridized carbons (Fsp3) is 0.143. The van der Waals surface area contributed by atoms with Crippen LogP contribution in [0.3, 0.4) is 0 Å². The molecule has 0 saturated heterocycles. The van der Waals surface area contributed by atoms with Crippen molar-refractivity contribution in [1.82, 2.24) is 4.98 Å². The summed E-state index contributed by atoms with van der Waals surface area (Å²) < 4.78 is 18.6. The predicted octanol–water partition coefficient (Wildman–Crippen LogP) is 2.77. The number of hydrogen-bond acceptors (Lipinski definition) is 3. The van der Waals surface area contributed by atoms with E-state index in [0.29, 0.717) is 11.3 Å². The lowest BCUT2D eigenvalue weighted by Crippen LogP contribution is -2.08. The Balaban J connectivity index is 2.44. The van der Waals surface area contributed by atoms with Crippen LogP contribution in [-0.4, -0.2) is 17.9 Å². The van der Waals surface area contributed by atoms with E-state index in [1.54, 1.807) is 32.2 Å². The Kier molecular flexibility index (Phi) is 3.37. The third kappa shape index (κ3) is 2.22. The summed E-state index contributed by atoms with van der Waals surface area (Å²) in [5.41, 5.74) is 0.989. The monoisotopic (exact) mass is 245 g/mol. The third-order valence-electron chi connectivity index (χ3n) is 2.65. The maximum atomic E-state index is 13.5. The fourth-order valence-electron chi connectivity index (χ4n) is 1.70. The molecule has 92 valence electrons. The van der Waals surface area contributed by atoms with Gasteiger partial charge in [-0.15, -0.1) is 0 Å². The van der Waals surface area contributed by atoms with Crippen molar-refractivity contribution in [3.8, 4) is 5.75 Å². The van der Waals surface area contributed by atoms with Gasteiger partial charge in [0.25, 0.3) is 0 Å². The molecule has 3 nitrogen and oxygen atoms in total. The minimum absolute atomic E-state index is 0.161. The van der Waals surface area contributed by atoms with Crippen LogP contribution in [0.1, 0.15) is 21.6 Å². The summed E-state index contributed by atoms with van der Waals surface area (Å²) in [6.07, 6.45) is 1.40. The zero-order valence-electron chi connectivity index (χ0n) is 10.1. The molecule has 1 heterocycles. The van der Waals surface area contributed by atoms with Crippen LogP contribution < -0.4 is 4.74 Å². The van der Waals surface area contributed by atoms with Crippen molar-refractivity contribution in [2.24, 2.45) is 0 Å². The number of halogens is 1. The summed E-state index contributed by atoms with van der Waals surface area (Å²) in [6, 6.07) is 7.69. The van der Waals surface area contributed by atoms with Gasteiger partial charge in [0.05, 0.1) is 7.11 Å². The van der Waals surface area contributed by atoms with E-state index in [1.165, 1.54) is 18.3 Å². The van der Waals surface area contributed by atoms with E-state index in [-0.39, 0.29) is 5.69 Å². The van der Waals surface area contributed by atoms with E-state index < -0.39 is 11.6 Å². The Hall–Kier alpha value is -2.23. The number of aryl methyl sites for hydroxylation is 1. The molecule has 0 aliphatic carbocycles. The van der Waals surface area contributed by atoms with Crippen LogP contribution in [0.4, 0.5) is 4.39 Å². The molecule has 4 heteroatoms. The Morgan fingerprint density at radius 1 is 1.33 bits per heavy atom. The Morgan fingerprint density at radius 3 is 2.72 bits per heavy atom. The predicted molar refractivity (Wildman–Crippen MR) is 65.4 cm³/mol. The lowest BCUT2D eigenvalue weighted by molar-refractivity contribution is 0.102. The quantitative estimate of drug-likeness (QED) is 0.780. The summed E-state index contributed by atoms with van der Waals surface area (Å²) in [5, 5.41) is 0. The first-order chi connectivity index (χ1) is 8.63. The molecule has 0 unspecified atom stereocenters. The van der Waals surface area contributed by atoms with E-state index in [4.69, 9.17) is 4.74 Å². The van der Waals surface area contributed by atoms with Crippen molar-refractivity contribution < 1.29 is 13.9 Å². The summed E-state index contributed by atoms with van der Waals surface area (Å²) >= 11 is 0. The number of hydrogen-bond donors (Lipinski definition) is 0. The molecule has 0 aliphatic rings. The number of aromatic nitrogens is 1. The summed E-state index contributed by atoms with van der Waals surface area (Å²) in [5.74, 6) is -0.378. The largest absolute Gasteiger partial charge is 0.497 e. The number of nitrogens with zero attached hydrogens (tertiary/aromatic N) is 1. The molecule has 0 aliphatic heterocycles. The van der Waals surface area contributed by atoms with Gasteiger partial charge in [-0.3, -0.25) is 4.79 Å². The van der Waals surface area contributed by atoms with Gasteiger partial charge in [-0.05, 0) is 42.8 Å². The van der Waals surface area contributed by atoms with Crippen LogP contribution in [-0.2, 0) is 0 Å². The molecular weight excluding hydrogens is 233 g/mol. The summed E-state index contributed by atoms with van der Waals surface area (Å²) in [7, 11) is 1.55. The molecule has 18 heavy (non-hydrogen) atoms. The van der Waals surface area contributed by atoms with E-state index in [0.717, 1.165) is 5.56 Å². The van der Waals surface area contributed by atoms with Gasteiger partial charge in [0, 0.05) is 11.8 Å². The zero-order valence-corrected chi connectivity index (χ0v) is 10.1. The van der Waals surface area contributed by atoms with Gasteiger partial charge in [-0.1, -0.05) is 0 Å². The van der Waals surface area contributed by atoms with Gasteiger partial charge in [0.1, 0.15) is 11.4 Å². The molecular formula is C14H12FNO2. The van der Waals surface area contributed by atoms with Crippen molar-refractivity contribution in [1.29, 1.82) is 0 Å². The van der Waals surface area contributed by atoms with Crippen molar-refractivity contribution in [2.45, 2.75) is 6.92 Å². The van der Waals surface area contributed by atoms with E-state index >= 15 is 0 Å².